The Kier molecular flexibility index (Phi) is 2.97. The highest BCUT2D eigenvalue weighted by Crippen LogP contribution is 2.32. The van der Waals surface area contributed by atoms with E-state index >= 15 is 0 Å². The van der Waals surface area contributed by atoms with Crippen molar-refractivity contribution in [2.75, 3.05) is 0 Å². The predicted molar refractivity (Wildman–Crippen MR) is 59.1 cm³/mol. The Labute approximate surface area is 100 Å². The van der Waals surface area contributed by atoms with E-state index < -0.39 is 16.4 Å². The molecule has 0 aliphatic carbocycles. The van der Waals surface area contributed by atoms with Crippen LogP contribution in [0.15, 0.2) is 30.6 Å². The Morgan fingerprint density at radius 1 is 1.35 bits per heavy atom. The van der Waals surface area contributed by atoms with E-state index in [0.717, 1.165) is 12.4 Å². The molecule has 0 amide bonds. The number of benzene rings is 1. The van der Waals surface area contributed by atoms with Gasteiger partial charge in [-0.2, -0.15) is 0 Å². The summed E-state index contributed by atoms with van der Waals surface area (Å²) in [6.07, 6.45) is 1.09. The molecule has 1 heterocycles. The van der Waals surface area contributed by atoms with Crippen LogP contribution in [0.2, 0.25) is 5.15 Å². The molecule has 0 spiro atoms. The van der Waals surface area contributed by atoms with Crippen LogP contribution in [-0.2, 0) is 0 Å². The second kappa shape index (κ2) is 4.42. The van der Waals surface area contributed by atoms with E-state index in [4.69, 9.17) is 11.6 Å². The summed E-state index contributed by atoms with van der Waals surface area (Å²) in [5.41, 5.74) is -0.157. The lowest BCUT2D eigenvalue weighted by Crippen LogP contribution is -1.97. The van der Waals surface area contributed by atoms with E-state index in [9.17, 15) is 14.5 Å². The fraction of sp³-hybridized carbons (Fsp3) is 0. The number of hydrogen-bond acceptors (Lipinski definition) is 4. The molecule has 5 nitrogen and oxygen atoms in total. The maximum absolute atomic E-state index is 13.0. The zero-order chi connectivity index (χ0) is 12.4. The van der Waals surface area contributed by atoms with Gasteiger partial charge in [-0.3, -0.25) is 10.1 Å². The van der Waals surface area contributed by atoms with Crippen molar-refractivity contribution in [2.24, 2.45) is 0 Å². The third-order valence-corrected chi connectivity index (χ3v) is 2.33. The summed E-state index contributed by atoms with van der Waals surface area (Å²) in [6, 6.07) is 5.32. The number of halogens is 2. The van der Waals surface area contributed by atoms with Crippen LogP contribution < -0.4 is 0 Å². The van der Waals surface area contributed by atoms with Crippen LogP contribution in [0, 0.1) is 15.9 Å². The van der Waals surface area contributed by atoms with Gasteiger partial charge in [0.25, 0.3) is 0 Å². The molecular formula is C10H5ClFN3O2. The van der Waals surface area contributed by atoms with Crippen LogP contribution in [0.25, 0.3) is 11.3 Å². The molecular weight excluding hydrogens is 249 g/mol. The highest BCUT2D eigenvalue weighted by atomic mass is 35.5. The highest BCUT2D eigenvalue weighted by molar-refractivity contribution is 6.31. The van der Waals surface area contributed by atoms with Crippen LogP contribution in [0.5, 0.6) is 0 Å². The first-order chi connectivity index (χ1) is 8.09. The topological polar surface area (TPSA) is 68.9 Å². The largest absolute Gasteiger partial charge is 0.332 e. The van der Waals surface area contributed by atoms with Gasteiger partial charge in [-0.05, 0) is 12.1 Å². The summed E-state index contributed by atoms with van der Waals surface area (Å²) >= 11 is 5.63. The van der Waals surface area contributed by atoms with E-state index in [0.29, 0.717) is 0 Å². The van der Waals surface area contributed by atoms with Gasteiger partial charge in [0, 0.05) is 5.56 Å². The molecule has 0 aliphatic heterocycles. The van der Waals surface area contributed by atoms with Crippen molar-refractivity contribution < 1.29 is 9.31 Å². The van der Waals surface area contributed by atoms with Crippen LogP contribution in [0.1, 0.15) is 0 Å². The normalized spacial score (nSPS) is 10.2. The molecule has 2 aromatic rings. The molecule has 0 aliphatic rings. The van der Waals surface area contributed by atoms with Gasteiger partial charge in [-0.15, -0.1) is 0 Å². The van der Waals surface area contributed by atoms with Crippen LogP contribution in [0.4, 0.5) is 10.1 Å². The fourth-order valence-corrected chi connectivity index (χ4v) is 1.57. The standard InChI is InChI=1S/C10H5ClFN3O2/c11-10-9(15(16)17)8(13-5-14-10)6-2-1-3-7(12)4-6/h1-5H. The highest BCUT2D eigenvalue weighted by Gasteiger charge is 2.22. The quantitative estimate of drug-likeness (QED) is 0.469. The first kappa shape index (κ1) is 11.4. The van der Waals surface area contributed by atoms with Crippen molar-refractivity contribution >= 4 is 17.3 Å². The Bertz CT molecular complexity index is 592. The number of rotatable bonds is 2. The molecule has 0 bridgehead atoms. The molecule has 7 heteroatoms. The molecule has 0 N–H and O–H groups in total. The Hall–Kier alpha value is -2.08. The molecule has 0 fully saturated rings. The first-order valence-corrected chi connectivity index (χ1v) is 4.88. The maximum Gasteiger partial charge on any atom is 0.332 e. The molecule has 2 rings (SSSR count). The van der Waals surface area contributed by atoms with Crippen LogP contribution in [-0.4, -0.2) is 14.9 Å². The van der Waals surface area contributed by atoms with Crippen molar-refractivity contribution in [1.29, 1.82) is 0 Å². The number of aromatic nitrogens is 2. The minimum atomic E-state index is -0.692. The van der Waals surface area contributed by atoms with E-state index in [1.807, 2.05) is 0 Å². The summed E-state index contributed by atoms with van der Waals surface area (Å²) < 4.78 is 13.0. The average molecular weight is 254 g/mol. The van der Waals surface area contributed by atoms with Crippen molar-refractivity contribution in [3.63, 3.8) is 0 Å². The van der Waals surface area contributed by atoms with Gasteiger partial charge in [-0.1, -0.05) is 23.7 Å². The van der Waals surface area contributed by atoms with E-state index in [1.165, 1.54) is 18.2 Å². The number of hydrogen-bond donors (Lipinski definition) is 0. The Balaban J connectivity index is 2.67. The lowest BCUT2D eigenvalue weighted by atomic mass is 10.1. The van der Waals surface area contributed by atoms with Gasteiger partial charge in [0.1, 0.15) is 12.1 Å². The third kappa shape index (κ3) is 2.21. The molecule has 0 unspecified atom stereocenters. The summed E-state index contributed by atoms with van der Waals surface area (Å²) in [5, 5.41) is 10.6. The zero-order valence-corrected chi connectivity index (χ0v) is 9.06. The third-order valence-electron chi connectivity index (χ3n) is 2.06. The first-order valence-electron chi connectivity index (χ1n) is 4.50. The molecule has 1 aromatic heterocycles. The van der Waals surface area contributed by atoms with Gasteiger partial charge in [0.15, 0.2) is 5.69 Å². The number of nitrogens with zero attached hydrogens (tertiary/aromatic N) is 3. The zero-order valence-electron chi connectivity index (χ0n) is 8.30. The Morgan fingerprint density at radius 2 is 2.12 bits per heavy atom. The maximum atomic E-state index is 13.0. The molecule has 1 aromatic carbocycles. The lowest BCUT2D eigenvalue weighted by molar-refractivity contribution is -0.384. The van der Waals surface area contributed by atoms with E-state index in [-0.39, 0.29) is 16.4 Å². The molecule has 0 radical (unpaired) electrons. The molecule has 0 atom stereocenters. The smallest absolute Gasteiger partial charge is 0.258 e. The van der Waals surface area contributed by atoms with Gasteiger partial charge in [0.2, 0.25) is 5.15 Å². The summed E-state index contributed by atoms with van der Waals surface area (Å²) in [6.45, 7) is 0. The van der Waals surface area contributed by atoms with E-state index in [1.54, 1.807) is 0 Å². The lowest BCUT2D eigenvalue weighted by Gasteiger charge is -2.02. The van der Waals surface area contributed by atoms with Gasteiger partial charge in [-0.25, -0.2) is 14.4 Å². The van der Waals surface area contributed by atoms with Crippen LogP contribution >= 0.6 is 11.6 Å². The SMILES string of the molecule is O=[N+]([O-])c1c(Cl)ncnc1-c1cccc(F)c1. The van der Waals surface area contributed by atoms with Gasteiger partial charge < -0.3 is 0 Å². The predicted octanol–water partition coefficient (Wildman–Crippen LogP) is 2.84. The van der Waals surface area contributed by atoms with E-state index in [2.05, 4.69) is 9.97 Å². The molecule has 0 saturated carbocycles. The van der Waals surface area contributed by atoms with Crippen molar-refractivity contribution in [1.82, 2.24) is 9.97 Å². The summed E-state index contributed by atoms with van der Waals surface area (Å²) in [4.78, 5) is 17.5. The summed E-state index contributed by atoms with van der Waals surface area (Å²) in [7, 11) is 0. The molecule has 86 valence electrons. The monoisotopic (exact) mass is 253 g/mol. The molecule has 17 heavy (non-hydrogen) atoms. The number of nitro groups is 1. The van der Waals surface area contributed by atoms with Crippen LogP contribution in [0.3, 0.4) is 0 Å². The summed E-state index contributed by atoms with van der Waals surface area (Å²) in [5.74, 6) is -0.508. The van der Waals surface area contributed by atoms with Crippen molar-refractivity contribution in [3.05, 3.63) is 51.7 Å². The fourth-order valence-electron chi connectivity index (χ4n) is 1.37. The Morgan fingerprint density at radius 3 is 2.76 bits per heavy atom. The van der Waals surface area contributed by atoms with Crippen molar-refractivity contribution in [3.8, 4) is 11.3 Å². The van der Waals surface area contributed by atoms with Gasteiger partial charge in [0.05, 0.1) is 4.92 Å². The minimum absolute atomic E-state index is 0.00509. The second-order valence-corrected chi connectivity index (χ2v) is 3.49. The molecule has 0 saturated heterocycles. The minimum Gasteiger partial charge on any atom is -0.258 e. The average Bonchev–Trinajstić information content (AvgIpc) is 2.28. The van der Waals surface area contributed by atoms with Gasteiger partial charge >= 0.3 is 5.69 Å². The van der Waals surface area contributed by atoms with Crippen molar-refractivity contribution in [2.45, 2.75) is 0 Å². The second-order valence-electron chi connectivity index (χ2n) is 3.13.